The molecule has 2 heterocycles. The lowest BCUT2D eigenvalue weighted by Crippen LogP contribution is -2.48. The van der Waals surface area contributed by atoms with Gasteiger partial charge in [0.15, 0.2) is 0 Å². The van der Waals surface area contributed by atoms with E-state index in [1.807, 2.05) is 48.2 Å². The van der Waals surface area contributed by atoms with E-state index in [2.05, 4.69) is 9.88 Å². The van der Waals surface area contributed by atoms with Gasteiger partial charge >= 0.3 is 5.69 Å². The van der Waals surface area contributed by atoms with Crippen molar-refractivity contribution in [3.8, 4) is 5.69 Å². The van der Waals surface area contributed by atoms with Crippen LogP contribution in [0, 0.1) is 6.92 Å². The Bertz CT molecular complexity index is 1070. The maximum atomic E-state index is 12.6. The van der Waals surface area contributed by atoms with Crippen molar-refractivity contribution in [2.45, 2.75) is 6.92 Å². The first kappa shape index (κ1) is 18.4. The molecule has 0 radical (unpaired) electrons. The van der Waals surface area contributed by atoms with E-state index >= 15 is 0 Å². The lowest BCUT2D eigenvalue weighted by Gasteiger charge is -2.37. The Morgan fingerprint density at radius 2 is 1.54 bits per heavy atom. The summed E-state index contributed by atoms with van der Waals surface area (Å²) < 4.78 is 1.16. The SMILES string of the molecule is Cc1ccc(-n2c(=O)cc(N3CCN(c4ccccc4Cl)CC3)[nH]c2=O)cc1. The summed E-state index contributed by atoms with van der Waals surface area (Å²) in [7, 11) is 0. The molecule has 1 saturated heterocycles. The van der Waals surface area contributed by atoms with Crippen LogP contribution in [0.3, 0.4) is 0 Å². The molecular formula is C21H21ClN4O2. The van der Waals surface area contributed by atoms with Gasteiger partial charge in [0, 0.05) is 32.2 Å². The normalized spacial score (nSPS) is 14.4. The highest BCUT2D eigenvalue weighted by molar-refractivity contribution is 6.33. The Labute approximate surface area is 167 Å². The number of hydrogen-bond donors (Lipinski definition) is 1. The van der Waals surface area contributed by atoms with E-state index in [-0.39, 0.29) is 5.56 Å². The number of aromatic nitrogens is 2. The summed E-state index contributed by atoms with van der Waals surface area (Å²) in [6.07, 6.45) is 0. The number of aryl methyl sites for hydroxylation is 1. The van der Waals surface area contributed by atoms with Crippen LogP contribution < -0.4 is 21.0 Å². The zero-order chi connectivity index (χ0) is 19.7. The third-order valence-corrected chi connectivity index (χ3v) is 5.34. The lowest BCUT2D eigenvalue weighted by atomic mass is 10.2. The molecule has 1 aliphatic heterocycles. The molecule has 0 aliphatic carbocycles. The number of piperazine rings is 1. The van der Waals surface area contributed by atoms with Crippen LogP contribution in [0.15, 0.2) is 64.2 Å². The standard InChI is InChI=1S/C21H21ClN4O2/c1-15-6-8-16(9-7-15)26-20(27)14-19(23-21(26)28)25-12-10-24(11-13-25)18-5-3-2-4-17(18)22/h2-9,14H,10-13H2,1H3,(H,23,28). The first-order valence-corrected chi connectivity index (χ1v) is 9.58. The molecule has 6 nitrogen and oxygen atoms in total. The molecule has 0 unspecified atom stereocenters. The van der Waals surface area contributed by atoms with Gasteiger partial charge in [0.1, 0.15) is 5.82 Å². The van der Waals surface area contributed by atoms with Gasteiger partial charge in [0.25, 0.3) is 5.56 Å². The molecule has 0 spiro atoms. The van der Waals surface area contributed by atoms with Crippen LogP contribution in [-0.2, 0) is 0 Å². The highest BCUT2D eigenvalue weighted by Gasteiger charge is 2.20. The van der Waals surface area contributed by atoms with E-state index in [0.29, 0.717) is 24.6 Å². The Morgan fingerprint density at radius 1 is 0.893 bits per heavy atom. The van der Waals surface area contributed by atoms with Crippen molar-refractivity contribution in [2.75, 3.05) is 36.0 Å². The second kappa shape index (κ2) is 7.56. The van der Waals surface area contributed by atoms with E-state index < -0.39 is 5.69 Å². The Hall–Kier alpha value is -2.99. The fourth-order valence-corrected chi connectivity index (χ4v) is 3.74. The zero-order valence-corrected chi connectivity index (χ0v) is 16.3. The molecule has 0 bridgehead atoms. The smallest absolute Gasteiger partial charge is 0.334 e. The number of H-pyrrole nitrogens is 1. The summed E-state index contributed by atoms with van der Waals surface area (Å²) in [6.45, 7) is 4.85. The van der Waals surface area contributed by atoms with Crippen molar-refractivity contribution in [3.05, 3.63) is 86.0 Å². The number of benzene rings is 2. The van der Waals surface area contributed by atoms with E-state index in [9.17, 15) is 9.59 Å². The predicted octanol–water partition coefficient (Wildman–Crippen LogP) is 2.81. The van der Waals surface area contributed by atoms with Crippen LogP contribution in [0.2, 0.25) is 5.02 Å². The minimum Gasteiger partial charge on any atom is -0.367 e. The number of nitrogens with one attached hydrogen (secondary N) is 1. The molecule has 0 atom stereocenters. The third-order valence-electron chi connectivity index (χ3n) is 5.02. The number of halogens is 1. The summed E-state index contributed by atoms with van der Waals surface area (Å²) in [6, 6.07) is 16.6. The third kappa shape index (κ3) is 3.55. The second-order valence-corrected chi connectivity index (χ2v) is 7.30. The predicted molar refractivity (Wildman–Crippen MR) is 113 cm³/mol. The Balaban J connectivity index is 1.55. The largest absolute Gasteiger partial charge is 0.367 e. The average molecular weight is 397 g/mol. The summed E-state index contributed by atoms with van der Waals surface area (Å²) >= 11 is 6.29. The van der Waals surface area contributed by atoms with Crippen molar-refractivity contribution < 1.29 is 0 Å². The zero-order valence-electron chi connectivity index (χ0n) is 15.6. The molecule has 144 valence electrons. The van der Waals surface area contributed by atoms with Crippen molar-refractivity contribution >= 4 is 23.1 Å². The van der Waals surface area contributed by atoms with Crippen LogP contribution in [0.25, 0.3) is 5.69 Å². The van der Waals surface area contributed by atoms with E-state index in [1.54, 1.807) is 12.1 Å². The summed E-state index contributed by atoms with van der Waals surface area (Å²) in [4.78, 5) is 32.3. The number of hydrogen-bond acceptors (Lipinski definition) is 4. The van der Waals surface area contributed by atoms with Gasteiger partial charge in [-0.2, -0.15) is 0 Å². The lowest BCUT2D eigenvalue weighted by molar-refractivity contribution is 0.643. The Kier molecular flexibility index (Phi) is 4.96. The van der Waals surface area contributed by atoms with E-state index in [4.69, 9.17) is 11.6 Å². The molecular weight excluding hydrogens is 376 g/mol. The molecule has 3 aromatic rings. The average Bonchev–Trinajstić information content (AvgIpc) is 2.69. The molecule has 0 saturated carbocycles. The van der Waals surface area contributed by atoms with Crippen LogP contribution >= 0.6 is 11.6 Å². The number of rotatable bonds is 3. The molecule has 0 amide bonds. The molecule has 4 rings (SSSR count). The van der Waals surface area contributed by atoms with Gasteiger partial charge in [-0.15, -0.1) is 0 Å². The van der Waals surface area contributed by atoms with Gasteiger partial charge in [0.2, 0.25) is 0 Å². The quantitative estimate of drug-likeness (QED) is 0.739. The van der Waals surface area contributed by atoms with Crippen LogP contribution in [0.1, 0.15) is 5.56 Å². The van der Waals surface area contributed by atoms with Crippen molar-refractivity contribution in [3.63, 3.8) is 0 Å². The van der Waals surface area contributed by atoms with Gasteiger partial charge in [-0.3, -0.25) is 9.78 Å². The summed E-state index contributed by atoms with van der Waals surface area (Å²) in [5.74, 6) is 0.553. The maximum Gasteiger partial charge on any atom is 0.334 e. The number of para-hydroxylation sites is 1. The van der Waals surface area contributed by atoms with Crippen LogP contribution in [-0.4, -0.2) is 35.7 Å². The second-order valence-electron chi connectivity index (χ2n) is 6.89. The molecule has 28 heavy (non-hydrogen) atoms. The fraction of sp³-hybridized carbons (Fsp3) is 0.238. The molecule has 1 aliphatic rings. The minimum absolute atomic E-state index is 0.337. The molecule has 7 heteroatoms. The van der Waals surface area contributed by atoms with Gasteiger partial charge in [-0.25, -0.2) is 9.36 Å². The summed E-state index contributed by atoms with van der Waals surface area (Å²) in [5.41, 5.74) is 1.87. The maximum absolute atomic E-state index is 12.6. The topological polar surface area (TPSA) is 61.3 Å². The van der Waals surface area contributed by atoms with E-state index in [0.717, 1.165) is 33.9 Å². The Morgan fingerprint density at radius 3 is 2.18 bits per heavy atom. The first-order valence-electron chi connectivity index (χ1n) is 9.21. The minimum atomic E-state index is -0.431. The molecule has 1 fully saturated rings. The highest BCUT2D eigenvalue weighted by Crippen LogP contribution is 2.26. The molecule has 2 aromatic carbocycles. The summed E-state index contributed by atoms with van der Waals surface area (Å²) in [5, 5.41) is 0.727. The van der Waals surface area contributed by atoms with Gasteiger partial charge < -0.3 is 9.80 Å². The first-order chi connectivity index (χ1) is 13.5. The molecule has 1 aromatic heterocycles. The van der Waals surface area contributed by atoms with Crippen LogP contribution in [0.4, 0.5) is 11.5 Å². The number of anilines is 2. The van der Waals surface area contributed by atoms with Gasteiger partial charge in [-0.05, 0) is 31.2 Å². The van der Waals surface area contributed by atoms with Gasteiger partial charge in [0.05, 0.1) is 16.4 Å². The number of aromatic amines is 1. The van der Waals surface area contributed by atoms with Crippen molar-refractivity contribution in [1.29, 1.82) is 0 Å². The monoisotopic (exact) mass is 396 g/mol. The van der Waals surface area contributed by atoms with E-state index in [1.165, 1.54) is 6.07 Å². The van der Waals surface area contributed by atoms with Crippen molar-refractivity contribution in [2.24, 2.45) is 0 Å². The fourth-order valence-electron chi connectivity index (χ4n) is 3.49. The van der Waals surface area contributed by atoms with Crippen molar-refractivity contribution in [1.82, 2.24) is 9.55 Å². The highest BCUT2D eigenvalue weighted by atomic mass is 35.5. The van der Waals surface area contributed by atoms with Crippen LogP contribution in [0.5, 0.6) is 0 Å². The molecule has 1 N–H and O–H groups in total. The number of nitrogens with zero attached hydrogens (tertiary/aromatic N) is 3. The van der Waals surface area contributed by atoms with Gasteiger partial charge in [-0.1, -0.05) is 41.4 Å².